The summed E-state index contributed by atoms with van der Waals surface area (Å²) in [4.78, 5) is 7.24. The highest BCUT2D eigenvalue weighted by Crippen LogP contribution is 2.35. The minimum atomic E-state index is 0.579. The van der Waals surface area contributed by atoms with Gasteiger partial charge >= 0.3 is 0 Å². The summed E-state index contributed by atoms with van der Waals surface area (Å²) in [7, 11) is 3.86. The number of pyridine rings is 1. The number of hydrogen-bond acceptors (Lipinski definition) is 4. The standard InChI is InChI=1S/C25H28N4O/c1-28-15-22(20-5-3-4-6-24(20)28)21-13-18-7-8-19(14-23(18)27-25(21)26)29-11-9-17(10-12-29)16-30-2/h3-8,13-15,17H,9-12,16H2,1-2H3,(H2,26,27). The molecule has 0 unspecified atom stereocenters. The second kappa shape index (κ2) is 7.65. The summed E-state index contributed by atoms with van der Waals surface area (Å²) in [6, 6.07) is 17.1. The van der Waals surface area contributed by atoms with Gasteiger partial charge in [-0.25, -0.2) is 4.98 Å². The summed E-state index contributed by atoms with van der Waals surface area (Å²) >= 11 is 0. The Morgan fingerprint density at radius 3 is 2.67 bits per heavy atom. The zero-order valence-corrected chi connectivity index (χ0v) is 17.6. The second-order valence-electron chi connectivity index (χ2n) is 8.35. The number of rotatable bonds is 4. The van der Waals surface area contributed by atoms with E-state index in [1.165, 1.54) is 29.4 Å². The molecule has 5 heteroatoms. The van der Waals surface area contributed by atoms with E-state index in [1.54, 1.807) is 7.11 Å². The number of fused-ring (bicyclic) bond motifs is 2. The van der Waals surface area contributed by atoms with Gasteiger partial charge in [0.05, 0.1) is 5.52 Å². The number of nitrogens with two attached hydrogens (primary N) is 1. The van der Waals surface area contributed by atoms with E-state index in [-0.39, 0.29) is 0 Å². The lowest BCUT2D eigenvalue weighted by Crippen LogP contribution is -2.34. The van der Waals surface area contributed by atoms with Crippen molar-refractivity contribution < 1.29 is 4.74 Å². The third-order valence-corrected chi connectivity index (χ3v) is 6.40. The number of piperidine rings is 1. The van der Waals surface area contributed by atoms with Crippen molar-refractivity contribution in [1.82, 2.24) is 9.55 Å². The molecule has 5 rings (SSSR count). The number of methoxy groups -OCH3 is 1. The molecule has 30 heavy (non-hydrogen) atoms. The number of para-hydroxylation sites is 1. The Labute approximate surface area is 177 Å². The van der Waals surface area contributed by atoms with Crippen LogP contribution in [0.15, 0.2) is 54.7 Å². The maximum Gasteiger partial charge on any atom is 0.132 e. The van der Waals surface area contributed by atoms with E-state index in [2.05, 4.69) is 71.2 Å². The number of anilines is 2. The molecule has 0 saturated carbocycles. The van der Waals surface area contributed by atoms with Crippen LogP contribution in [0.5, 0.6) is 0 Å². The van der Waals surface area contributed by atoms with E-state index < -0.39 is 0 Å². The van der Waals surface area contributed by atoms with Gasteiger partial charge in [-0.3, -0.25) is 0 Å². The van der Waals surface area contributed by atoms with Crippen LogP contribution in [0, 0.1) is 5.92 Å². The van der Waals surface area contributed by atoms with Crippen LogP contribution < -0.4 is 10.6 Å². The first-order valence-corrected chi connectivity index (χ1v) is 10.6. The number of aryl methyl sites for hydroxylation is 1. The molecule has 0 spiro atoms. The van der Waals surface area contributed by atoms with Gasteiger partial charge in [0, 0.05) is 73.2 Å². The van der Waals surface area contributed by atoms with Gasteiger partial charge in [-0.2, -0.15) is 0 Å². The third-order valence-electron chi connectivity index (χ3n) is 6.40. The number of nitrogen functional groups attached to an aromatic ring is 1. The van der Waals surface area contributed by atoms with Crippen molar-refractivity contribution in [2.45, 2.75) is 12.8 Å². The van der Waals surface area contributed by atoms with E-state index in [9.17, 15) is 0 Å². The quantitative estimate of drug-likeness (QED) is 0.533. The van der Waals surface area contributed by atoms with E-state index in [0.717, 1.165) is 41.7 Å². The van der Waals surface area contributed by atoms with Crippen molar-refractivity contribution in [3.05, 3.63) is 54.7 Å². The topological polar surface area (TPSA) is 56.3 Å². The van der Waals surface area contributed by atoms with Crippen molar-refractivity contribution in [3.63, 3.8) is 0 Å². The fraction of sp³-hybridized carbons (Fsp3) is 0.320. The molecule has 1 aliphatic rings. The molecule has 0 atom stereocenters. The fourth-order valence-electron chi connectivity index (χ4n) is 4.73. The number of hydrogen-bond donors (Lipinski definition) is 1. The molecule has 1 aliphatic heterocycles. The minimum absolute atomic E-state index is 0.579. The molecule has 2 aromatic carbocycles. The number of aromatic nitrogens is 2. The van der Waals surface area contributed by atoms with E-state index >= 15 is 0 Å². The first kappa shape index (κ1) is 18.9. The third kappa shape index (κ3) is 3.29. The van der Waals surface area contributed by atoms with Crippen LogP contribution in [0.1, 0.15) is 12.8 Å². The first-order chi connectivity index (χ1) is 14.6. The molecule has 3 heterocycles. The van der Waals surface area contributed by atoms with Gasteiger partial charge in [-0.1, -0.05) is 24.3 Å². The molecule has 0 bridgehead atoms. The number of ether oxygens (including phenoxy) is 1. The molecule has 1 saturated heterocycles. The summed E-state index contributed by atoms with van der Waals surface area (Å²) in [5.74, 6) is 1.25. The lowest BCUT2D eigenvalue weighted by molar-refractivity contribution is 0.139. The normalized spacial score (nSPS) is 15.3. The van der Waals surface area contributed by atoms with Gasteiger partial charge in [0.1, 0.15) is 5.82 Å². The average molecular weight is 401 g/mol. The molecule has 154 valence electrons. The van der Waals surface area contributed by atoms with Gasteiger partial charge in [0.2, 0.25) is 0 Å². The first-order valence-electron chi connectivity index (χ1n) is 10.6. The van der Waals surface area contributed by atoms with Crippen LogP contribution >= 0.6 is 0 Å². The highest BCUT2D eigenvalue weighted by molar-refractivity contribution is 6.01. The van der Waals surface area contributed by atoms with E-state index in [4.69, 9.17) is 15.5 Å². The van der Waals surface area contributed by atoms with Crippen molar-refractivity contribution in [1.29, 1.82) is 0 Å². The van der Waals surface area contributed by atoms with Crippen molar-refractivity contribution in [2.24, 2.45) is 13.0 Å². The van der Waals surface area contributed by atoms with Crippen LogP contribution in [0.2, 0.25) is 0 Å². The van der Waals surface area contributed by atoms with Gasteiger partial charge in [0.15, 0.2) is 0 Å². The largest absolute Gasteiger partial charge is 0.384 e. The smallest absolute Gasteiger partial charge is 0.132 e. The van der Waals surface area contributed by atoms with Crippen LogP contribution in [0.4, 0.5) is 11.5 Å². The lowest BCUT2D eigenvalue weighted by Gasteiger charge is -2.33. The zero-order chi connectivity index (χ0) is 20.7. The molecule has 2 N–H and O–H groups in total. The Kier molecular flexibility index (Phi) is 4.83. The van der Waals surface area contributed by atoms with Gasteiger partial charge in [-0.15, -0.1) is 0 Å². The molecule has 0 radical (unpaired) electrons. The van der Waals surface area contributed by atoms with Crippen molar-refractivity contribution in [3.8, 4) is 11.1 Å². The summed E-state index contributed by atoms with van der Waals surface area (Å²) < 4.78 is 7.47. The zero-order valence-electron chi connectivity index (χ0n) is 17.6. The molecule has 0 amide bonds. The molecule has 4 aromatic rings. The summed E-state index contributed by atoms with van der Waals surface area (Å²) in [5.41, 5.74) is 11.9. The summed E-state index contributed by atoms with van der Waals surface area (Å²) in [5, 5.41) is 2.31. The molecular weight excluding hydrogens is 372 g/mol. The SMILES string of the molecule is COCC1CCN(c2ccc3cc(-c4cn(C)c5ccccc45)c(N)nc3c2)CC1. The van der Waals surface area contributed by atoms with Gasteiger partial charge in [-0.05, 0) is 43.0 Å². The number of nitrogens with zero attached hydrogens (tertiary/aromatic N) is 3. The number of benzene rings is 2. The Morgan fingerprint density at radius 2 is 1.87 bits per heavy atom. The fourth-order valence-corrected chi connectivity index (χ4v) is 4.73. The van der Waals surface area contributed by atoms with Gasteiger partial charge in [0.25, 0.3) is 0 Å². The predicted octanol–water partition coefficient (Wildman–Crippen LogP) is 4.84. The monoisotopic (exact) mass is 400 g/mol. The van der Waals surface area contributed by atoms with Crippen LogP contribution in [-0.2, 0) is 11.8 Å². The molecule has 5 nitrogen and oxygen atoms in total. The van der Waals surface area contributed by atoms with E-state index in [1.807, 2.05) is 0 Å². The summed E-state index contributed by atoms with van der Waals surface area (Å²) in [6.45, 7) is 2.98. The summed E-state index contributed by atoms with van der Waals surface area (Å²) in [6.07, 6.45) is 4.48. The maximum absolute atomic E-state index is 6.45. The van der Waals surface area contributed by atoms with Crippen molar-refractivity contribution >= 4 is 33.3 Å². The van der Waals surface area contributed by atoms with Crippen molar-refractivity contribution in [2.75, 3.05) is 37.4 Å². The molecule has 2 aromatic heterocycles. The maximum atomic E-state index is 6.45. The second-order valence-corrected chi connectivity index (χ2v) is 8.35. The Morgan fingerprint density at radius 1 is 1.07 bits per heavy atom. The Bertz CT molecular complexity index is 1200. The molecule has 1 fully saturated rings. The molecule has 0 aliphatic carbocycles. The highest BCUT2D eigenvalue weighted by atomic mass is 16.5. The average Bonchev–Trinajstić information content (AvgIpc) is 3.10. The Balaban J connectivity index is 1.49. The van der Waals surface area contributed by atoms with Gasteiger partial charge < -0.3 is 19.9 Å². The minimum Gasteiger partial charge on any atom is -0.384 e. The van der Waals surface area contributed by atoms with E-state index in [0.29, 0.717) is 11.7 Å². The molecular formula is C25H28N4O. The van der Waals surface area contributed by atoms with Crippen LogP contribution in [-0.4, -0.2) is 36.4 Å². The lowest BCUT2D eigenvalue weighted by atomic mass is 9.97. The Hall–Kier alpha value is -3.05. The highest BCUT2D eigenvalue weighted by Gasteiger charge is 2.20. The van der Waals surface area contributed by atoms with Crippen LogP contribution in [0.3, 0.4) is 0 Å². The van der Waals surface area contributed by atoms with Crippen LogP contribution in [0.25, 0.3) is 32.9 Å². The predicted molar refractivity (Wildman–Crippen MR) is 125 cm³/mol.